The number of nitrogens with zero attached hydrogens (tertiary/aromatic N) is 1. The van der Waals surface area contributed by atoms with Gasteiger partial charge in [-0.05, 0) is 20.9 Å². The summed E-state index contributed by atoms with van der Waals surface area (Å²) in [7, 11) is 1.90. The maximum atomic E-state index is 11.8. The molecule has 0 amide bonds. The second-order valence-electron chi connectivity index (χ2n) is 3.78. The number of aryl methyl sites for hydroxylation is 1. The van der Waals surface area contributed by atoms with Gasteiger partial charge >= 0.3 is 0 Å². The van der Waals surface area contributed by atoms with Crippen LogP contribution in [-0.2, 0) is 11.2 Å². The molecule has 0 fully saturated rings. The molecule has 17 heavy (non-hydrogen) atoms. The topological polar surface area (TPSA) is 34.1 Å². The normalized spacial score (nSPS) is 13.3. The molecule has 1 unspecified atom stereocenters. The first kappa shape index (κ1) is 14.5. The molecule has 1 rings (SSSR count). The molecule has 0 aromatic carbocycles. The zero-order chi connectivity index (χ0) is 12.8. The molecular weight excluding hydrogens is 246 g/mol. The molecule has 0 spiro atoms. The highest BCUT2D eigenvalue weighted by Gasteiger charge is 2.12. The number of nitrogens with one attached hydrogen (secondary N) is 1. The Morgan fingerprint density at radius 2 is 2.18 bits per heavy atom. The number of hydrogen-bond donors (Lipinski definition) is 1. The lowest BCUT2D eigenvalue weighted by molar-refractivity contribution is 0.0187. The largest absolute Gasteiger partial charge is 0.375 e. The van der Waals surface area contributed by atoms with Crippen molar-refractivity contribution in [1.82, 2.24) is 10.3 Å². The van der Waals surface area contributed by atoms with E-state index in [0.717, 1.165) is 10.7 Å². The zero-order valence-corrected chi connectivity index (χ0v) is 11.1. The first-order chi connectivity index (χ1) is 8.04. The number of alkyl halides is 2. The molecule has 0 radical (unpaired) electrons. The molecule has 0 saturated heterocycles. The molecule has 6 heteroatoms. The number of halogens is 2. The quantitative estimate of drug-likeness (QED) is 0.769. The third kappa shape index (κ3) is 4.65. The third-order valence-electron chi connectivity index (χ3n) is 2.41. The standard InChI is InChI=1S/C11H18F2N2OS/c1-7(14-3)11-8(2)15-10(17-11)4-5-16-6-9(12)13/h7,9,14H,4-6H2,1-3H3. The van der Waals surface area contributed by atoms with Crippen molar-refractivity contribution >= 4 is 11.3 Å². The third-order valence-corrected chi connectivity index (χ3v) is 3.81. The molecule has 1 heterocycles. The molecular formula is C11H18F2N2OS. The van der Waals surface area contributed by atoms with Gasteiger partial charge in [0.1, 0.15) is 6.61 Å². The number of thiazole rings is 1. The van der Waals surface area contributed by atoms with Gasteiger partial charge in [-0.15, -0.1) is 11.3 Å². The van der Waals surface area contributed by atoms with Crippen LogP contribution in [0.25, 0.3) is 0 Å². The van der Waals surface area contributed by atoms with Crippen LogP contribution in [0, 0.1) is 6.92 Å². The first-order valence-electron chi connectivity index (χ1n) is 5.54. The van der Waals surface area contributed by atoms with E-state index in [1.54, 1.807) is 11.3 Å². The maximum absolute atomic E-state index is 11.8. The Bertz CT molecular complexity index is 344. The summed E-state index contributed by atoms with van der Waals surface area (Å²) < 4.78 is 28.5. The number of aromatic nitrogens is 1. The van der Waals surface area contributed by atoms with E-state index in [-0.39, 0.29) is 6.04 Å². The van der Waals surface area contributed by atoms with E-state index in [0.29, 0.717) is 13.0 Å². The Balaban J connectivity index is 2.44. The molecule has 0 saturated carbocycles. The van der Waals surface area contributed by atoms with Crippen LogP contribution in [0.5, 0.6) is 0 Å². The van der Waals surface area contributed by atoms with Gasteiger partial charge in [0.2, 0.25) is 0 Å². The minimum Gasteiger partial charge on any atom is -0.375 e. The SMILES string of the molecule is CNC(C)c1sc(CCOCC(F)F)nc1C. The van der Waals surface area contributed by atoms with E-state index in [9.17, 15) is 8.78 Å². The van der Waals surface area contributed by atoms with E-state index in [2.05, 4.69) is 17.2 Å². The van der Waals surface area contributed by atoms with E-state index >= 15 is 0 Å². The monoisotopic (exact) mass is 264 g/mol. The predicted octanol–water partition coefficient (Wildman–Crippen LogP) is 2.56. The molecule has 1 N–H and O–H groups in total. The lowest BCUT2D eigenvalue weighted by atomic mass is 10.2. The van der Waals surface area contributed by atoms with Crippen LogP contribution >= 0.6 is 11.3 Å². The number of rotatable bonds is 7. The van der Waals surface area contributed by atoms with Gasteiger partial charge in [0.15, 0.2) is 0 Å². The van der Waals surface area contributed by atoms with Gasteiger partial charge in [0, 0.05) is 17.3 Å². The number of ether oxygens (including phenoxy) is 1. The molecule has 1 aromatic heterocycles. The van der Waals surface area contributed by atoms with Crippen LogP contribution in [0.2, 0.25) is 0 Å². The molecule has 0 bridgehead atoms. The fraction of sp³-hybridized carbons (Fsp3) is 0.727. The zero-order valence-electron chi connectivity index (χ0n) is 10.3. The van der Waals surface area contributed by atoms with E-state index in [4.69, 9.17) is 4.74 Å². The Morgan fingerprint density at radius 3 is 2.76 bits per heavy atom. The van der Waals surface area contributed by atoms with Crippen molar-refractivity contribution in [2.24, 2.45) is 0 Å². The molecule has 3 nitrogen and oxygen atoms in total. The van der Waals surface area contributed by atoms with Crippen LogP contribution in [-0.4, -0.2) is 31.7 Å². The van der Waals surface area contributed by atoms with Crippen LogP contribution in [0.1, 0.15) is 28.5 Å². The highest BCUT2D eigenvalue weighted by atomic mass is 32.1. The Hall–Kier alpha value is -0.590. The van der Waals surface area contributed by atoms with Crippen molar-refractivity contribution in [2.45, 2.75) is 32.7 Å². The van der Waals surface area contributed by atoms with Gasteiger partial charge in [-0.3, -0.25) is 0 Å². The van der Waals surface area contributed by atoms with Crippen molar-refractivity contribution in [3.63, 3.8) is 0 Å². The van der Waals surface area contributed by atoms with Gasteiger partial charge in [-0.2, -0.15) is 0 Å². The van der Waals surface area contributed by atoms with Crippen molar-refractivity contribution in [3.8, 4) is 0 Å². The average molecular weight is 264 g/mol. The van der Waals surface area contributed by atoms with Gasteiger partial charge in [0.05, 0.1) is 17.3 Å². The van der Waals surface area contributed by atoms with E-state index < -0.39 is 13.0 Å². The van der Waals surface area contributed by atoms with Crippen molar-refractivity contribution < 1.29 is 13.5 Å². The Kier molecular flexibility index (Phi) is 5.94. The summed E-state index contributed by atoms with van der Waals surface area (Å²) in [6.45, 7) is 3.83. The molecule has 0 aliphatic heterocycles. The van der Waals surface area contributed by atoms with Crippen molar-refractivity contribution in [3.05, 3.63) is 15.6 Å². The highest BCUT2D eigenvalue weighted by molar-refractivity contribution is 7.11. The summed E-state index contributed by atoms with van der Waals surface area (Å²) in [4.78, 5) is 5.60. The molecule has 0 aliphatic rings. The summed E-state index contributed by atoms with van der Waals surface area (Å²) in [6.07, 6.45) is -1.80. The Labute approximate surface area is 104 Å². The summed E-state index contributed by atoms with van der Waals surface area (Å²) in [5.41, 5.74) is 1.00. The molecule has 0 aliphatic carbocycles. The fourth-order valence-electron chi connectivity index (χ4n) is 1.44. The summed E-state index contributed by atoms with van der Waals surface area (Å²) in [6, 6.07) is 0.267. The highest BCUT2D eigenvalue weighted by Crippen LogP contribution is 2.24. The predicted molar refractivity (Wildman–Crippen MR) is 64.9 cm³/mol. The maximum Gasteiger partial charge on any atom is 0.261 e. The second-order valence-corrected chi connectivity index (χ2v) is 4.90. The van der Waals surface area contributed by atoms with Gasteiger partial charge < -0.3 is 10.1 Å². The summed E-state index contributed by atoms with van der Waals surface area (Å²) in [5.74, 6) is 0. The average Bonchev–Trinajstić information content (AvgIpc) is 2.65. The first-order valence-corrected chi connectivity index (χ1v) is 6.35. The molecule has 1 aromatic rings. The fourth-order valence-corrected chi connectivity index (χ4v) is 2.55. The van der Waals surface area contributed by atoms with E-state index in [1.807, 2.05) is 14.0 Å². The summed E-state index contributed by atoms with van der Waals surface area (Å²) >= 11 is 1.61. The number of hydrogen-bond acceptors (Lipinski definition) is 4. The van der Waals surface area contributed by atoms with Crippen LogP contribution in [0.3, 0.4) is 0 Å². The summed E-state index contributed by atoms with van der Waals surface area (Å²) in [5, 5.41) is 4.10. The molecule has 1 atom stereocenters. The van der Waals surface area contributed by atoms with Crippen molar-refractivity contribution in [1.29, 1.82) is 0 Å². The van der Waals surface area contributed by atoms with Crippen LogP contribution < -0.4 is 5.32 Å². The minimum absolute atomic E-state index is 0.267. The minimum atomic E-state index is -2.40. The van der Waals surface area contributed by atoms with E-state index in [1.165, 1.54) is 4.88 Å². The van der Waals surface area contributed by atoms with Crippen LogP contribution in [0.4, 0.5) is 8.78 Å². The van der Waals surface area contributed by atoms with Crippen molar-refractivity contribution in [2.75, 3.05) is 20.3 Å². The molecule has 98 valence electrons. The van der Waals surface area contributed by atoms with Gasteiger partial charge in [0.25, 0.3) is 6.43 Å². The second kappa shape index (κ2) is 6.98. The van der Waals surface area contributed by atoms with Gasteiger partial charge in [-0.25, -0.2) is 13.8 Å². The lowest BCUT2D eigenvalue weighted by Crippen LogP contribution is -2.11. The van der Waals surface area contributed by atoms with Crippen LogP contribution in [0.15, 0.2) is 0 Å². The Morgan fingerprint density at radius 1 is 1.47 bits per heavy atom. The smallest absolute Gasteiger partial charge is 0.261 e. The van der Waals surface area contributed by atoms with Gasteiger partial charge in [-0.1, -0.05) is 0 Å². The lowest BCUT2D eigenvalue weighted by Gasteiger charge is -2.06.